The molecule has 1 N–H and O–H groups in total. The number of carbonyl (C=O) groups is 1. The molecule has 1 aromatic carbocycles. The Balaban J connectivity index is 1.59. The van der Waals surface area contributed by atoms with Gasteiger partial charge in [-0.05, 0) is 25.1 Å². The Bertz CT molecular complexity index is 763. The summed E-state index contributed by atoms with van der Waals surface area (Å²) in [5, 5.41) is 6.83. The summed E-state index contributed by atoms with van der Waals surface area (Å²) in [7, 11) is 1.86. The van der Waals surface area contributed by atoms with Gasteiger partial charge in [0.2, 0.25) is 5.91 Å². The van der Waals surface area contributed by atoms with Crippen LogP contribution in [0.3, 0.4) is 0 Å². The molecule has 114 valence electrons. The number of amides is 1. The van der Waals surface area contributed by atoms with E-state index in [9.17, 15) is 4.79 Å². The second kappa shape index (κ2) is 6.50. The number of fused-ring (bicyclic) bond motifs is 1. The first-order valence-electron chi connectivity index (χ1n) is 6.90. The van der Waals surface area contributed by atoms with Crippen LogP contribution in [0.5, 0.6) is 0 Å². The van der Waals surface area contributed by atoms with Crippen LogP contribution < -0.4 is 5.32 Å². The molecule has 3 rings (SSSR count). The Labute approximate surface area is 136 Å². The summed E-state index contributed by atoms with van der Waals surface area (Å²) in [6, 6.07) is 9.90. The van der Waals surface area contributed by atoms with Crippen molar-refractivity contribution in [1.82, 2.24) is 20.1 Å². The molecule has 3 aromatic rings. The summed E-state index contributed by atoms with van der Waals surface area (Å²) >= 11 is 3.11. The van der Waals surface area contributed by atoms with Crippen molar-refractivity contribution in [3.8, 4) is 0 Å². The largest absolute Gasteiger partial charge is 0.349 e. The van der Waals surface area contributed by atoms with Crippen molar-refractivity contribution < 1.29 is 4.79 Å². The van der Waals surface area contributed by atoms with Gasteiger partial charge in [-0.1, -0.05) is 23.9 Å². The zero-order valence-electron chi connectivity index (χ0n) is 12.3. The number of para-hydroxylation sites is 1. The third-order valence-corrected chi connectivity index (χ3v) is 5.52. The number of aromatic nitrogens is 3. The van der Waals surface area contributed by atoms with Gasteiger partial charge in [-0.3, -0.25) is 9.48 Å². The zero-order chi connectivity index (χ0) is 15.5. The maximum absolute atomic E-state index is 12.2. The lowest BCUT2D eigenvalue weighted by Gasteiger charge is -2.10. The molecule has 0 aliphatic heterocycles. The fourth-order valence-corrected chi connectivity index (χ4v) is 4.24. The maximum atomic E-state index is 12.2. The lowest BCUT2D eigenvalue weighted by atomic mass is 10.3. The van der Waals surface area contributed by atoms with E-state index in [1.54, 1.807) is 22.2 Å². The van der Waals surface area contributed by atoms with Gasteiger partial charge in [0.25, 0.3) is 0 Å². The summed E-state index contributed by atoms with van der Waals surface area (Å²) in [4.78, 5) is 16.7. The van der Waals surface area contributed by atoms with E-state index < -0.39 is 0 Å². The summed E-state index contributed by atoms with van der Waals surface area (Å²) < 4.78 is 3.82. The Morgan fingerprint density at radius 2 is 2.23 bits per heavy atom. The van der Waals surface area contributed by atoms with E-state index in [0.29, 0.717) is 6.54 Å². The van der Waals surface area contributed by atoms with Crippen molar-refractivity contribution in [3.63, 3.8) is 0 Å². The fourth-order valence-electron chi connectivity index (χ4n) is 2.00. The van der Waals surface area contributed by atoms with E-state index in [0.717, 1.165) is 20.3 Å². The molecule has 0 saturated carbocycles. The van der Waals surface area contributed by atoms with Crippen molar-refractivity contribution in [2.75, 3.05) is 0 Å². The van der Waals surface area contributed by atoms with Crippen molar-refractivity contribution in [2.45, 2.75) is 23.1 Å². The molecule has 0 bridgehead atoms. The number of rotatable bonds is 5. The summed E-state index contributed by atoms with van der Waals surface area (Å²) in [6.45, 7) is 2.38. The van der Waals surface area contributed by atoms with Gasteiger partial charge < -0.3 is 5.32 Å². The highest BCUT2D eigenvalue weighted by Crippen LogP contribution is 2.31. The standard InChI is InChI=1S/C15H16N4OS2/c1-10(14(20)16-9-11-7-8-17-19(11)2)21-15-18-12-5-3-4-6-13(12)22-15/h3-8,10H,9H2,1-2H3,(H,16,20)/t10-/m1/s1. The van der Waals surface area contributed by atoms with Crippen LogP contribution >= 0.6 is 23.1 Å². The predicted octanol–water partition coefficient (Wildman–Crippen LogP) is 2.83. The first-order valence-corrected chi connectivity index (χ1v) is 8.60. The van der Waals surface area contributed by atoms with Crippen molar-refractivity contribution >= 4 is 39.2 Å². The zero-order valence-corrected chi connectivity index (χ0v) is 13.9. The number of benzene rings is 1. The van der Waals surface area contributed by atoms with Crippen LogP contribution in [0, 0.1) is 0 Å². The molecule has 1 amide bonds. The van der Waals surface area contributed by atoms with Crippen LogP contribution in [-0.4, -0.2) is 25.9 Å². The molecule has 0 radical (unpaired) electrons. The minimum absolute atomic E-state index is 0.00505. The Morgan fingerprint density at radius 3 is 2.95 bits per heavy atom. The maximum Gasteiger partial charge on any atom is 0.233 e. The second-order valence-electron chi connectivity index (χ2n) is 4.87. The van der Waals surface area contributed by atoms with Gasteiger partial charge in [-0.2, -0.15) is 5.10 Å². The van der Waals surface area contributed by atoms with Crippen LogP contribution in [0.25, 0.3) is 10.2 Å². The second-order valence-corrected chi connectivity index (χ2v) is 7.49. The molecule has 0 fully saturated rings. The average Bonchev–Trinajstić information content (AvgIpc) is 3.10. The van der Waals surface area contributed by atoms with Crippen LogP contribution in [0.15, 0.2) is 40.9 Å². The number of aryl methyl sites for hydroxylation is 1. The number of hydrogen-bond acceptors (Lipinski definition) is 5. The van der Waals surface area contributed by atoms with E-state index in [4.69, 9.17) is 0 Å². The minimum atomic E-state index is -0.186. The highest BCUT2D eigenvalue weighted by molar-refractivity contribution is 8.02. The van der Waals surface area contributed by atoms with E-state index >= 15 is 0 Å². The van der Waals surface area contributed by atoms with E-state index in [1.807, 2.05) is 44.3 Å². The molecule has 2 heterocycles. The number of nitrogens with zero attached hydrogens (tertiary/aromatic N) is 3. The molecule has 7 heteroatoms. The third kappa shape index (κ3) is 3.31. The smallest absolute Gasteiger partial charge is 0.233 e. The topological polar surface area (TPSA) is 59.8 Å². The predicted molar refractivity (Wildman–Crippen MR) is 90.0 cm³/mol. The first-order chi connectivity index (χ1) is 10.6. The lowest BCUT2D eigenvalue weighted by Crippen LogP contribution is -2.31. The Morgan fingerprint density at radius 1 is 1.41 bits per heavy atom. The van der Waals surface area contributed by atoms with Gasteiger partial charge in [-0.25, -0.2) is 4.98 Å². The normalized spacial score (nSPS) is 12.5. The van der Waals surface area contributed by atoms with Crippen molar-refractivity contribution in [3.05, 3.63) is 42.2 Å². The highest BCUT2D eigenvalue weighted by atomic mass is 32.2. The van der Waals surface area contributed by atoms with E-state index in [-0.39, 0.29) is 11.2 Å². The van der Waals surface area contributed by atoms with Crippen LogP contribution in [-0.2, 0) is 18.4 Å². The van der Waals surface area contributed by atoms with Gasteiger partial charge in [0.05, 0.1) is 27.7 Å². The van der Waals surface area contributed by atoms with E-state index in [2.05, 4.69) is 15.4 Å². The number of thioether (sulfide) groups is 1. The fraction of sp³-hybridized carbons (Fsp3) is 0.267. The summed E-state index contributed by atoms with van der Waals surface area (Å²) in [5.41, 5.74) is 1.96. The minimum Gasteiger partial charge on any atom is -0.349 e. The molecule has 0 saturated heterocycles. The number of thiazole rings is 1. The summed E-state index contributed by atoms with van der Waals surface area (Å²) in [6.07, 6.45) is 1.72. The molecule has 0 aliphatic rings. The Kier molecular flexibility index (Phi) is 4.44. The number of hydrogen-bond donors (Lipinski definition) is 1. The van der Waals surface area contributed by atoms with Gasteiger partial charge in [0, 0.05) is 13.2 Å². The Hall–Kier alpha value is -1.86. The quantitative estimate of drug-likeness (QED) is 0.730. The van der Waals surface area contributed by atoms with Gasteiger partial charge in [0.15, 0.2) is 4.34 Å². The number of carbonyl (C=O) groups excluding carboxylic acids is 1. The summed E-state index contributed by atoms with van der Waals surface area (Å²) in [5.74, 6) is 0.00505. The average molecular weight is 332 g/mol. The molecule has 22 heavy (non-hydrogen) atoms. The molecule has 1 atom stereocenters. The SMILES string of the molecule is C[C@@H](Sc1nc2ccccc2s1)C(=O)NCc1ccnn1C. The molecule has 2 aromatic heterocycles. The molecule has 0 aliphatic carbocycles. The van der Waals surface area contributed by atoms with Crippen LogP contribution in [0.1, 0.15) is 12.6 Å². The van der Waals surface area contributed by atoms with Crippen molar-refractivity contribution in [2.24, 2.45) is 7.05 Å². The molecule has 0 spiro atoms. The third-order valence-electron chi connectivity index (χ3n) is 3.29. The van der Waals surface area contributed by atoms with Gasteiger partial charge in [0.1, 0.15) is 0 Å². The molecule has 5 nitrogen and oxygen atoms in total. The molecule has 0 unspecified atom stereocenters. The highest BCUT2D eigenvalue weighted by Gasteiger charge is 2.16. The van der Waals surface area contributed by atoms with Crippen molar-refractivity contribution in [1.29, 1.82) is 0 Å². The molecular formula is C15H16N4OS2. The first kappa shape index (κ1) is 15.1. The lowest BCUT2D eigenvalue weighted by molar-refractivity contribution is -0.120. The van der Waals surface area contributed by atoms with E-state index in [1.165, 1.54) is 11.8 Å². The molecular weight excluding hydrogens is 316 g/mol. The van der Waals surface area contributed by atoms with Crippen LogP contribution in [0.2, 0.25) is 0 Å². The number of nitrogens with one attached hydrogen (secondary N) is 1. The van der Waals surface area contributed by atoms with Gasteiger partial charge in [-0.15, -0.1) is 11.3 Å². The monoisotopic (exact) mass is 332 g/mol. The van der Waals surface area contributed by atoms with Gasteiger partial charge >= 0.3 is 0 Å². The van der Waals surface area contributed by atoms with Crippen LogP contribution in [0.4, 0.5) is 0 Å².